The Labute approximate surface area is 183 Å². The zero-order valence-electron chi connectivity index (χ0n) is 15.5. The number of carbonyl (C=O) groups excluding carboxylic acids is 2. The summed E-state index contributed by atoms with van der Waals surface area (Å²) < 4.78 is 0. The van der Waals surface area contributed by atoms with E-state index in [1.54, 1.807) is 18.2 Å². The molecule has 1 aliphatic rings. The van der Waals surface area contributed by atoms with Gasteiger partial charge in [0.15, 0.2) is 0 Å². The first-order valence-electron chi connectivity index (χ1n) is 8.75. The Bertz CT molecular complexity index is 1010. The van der Waals surface area contributed by atoms with E-state index in [4.69, 9.17) is 23.2 Å². The first-order chi connectivity index (χ1) is 13.9. The molecule has 2 N–H and O–H groups in total. The molecule has 1 heterocycles. The van der Waals surface area contributed by atoms with Crippen molar-refractivity contribution in [2.24, 2.45) is 0 Å². The van der Waals surface area contributed by atoms with Crippen LogP contribution in [0.3, 0.4) is 0 Å². The monoisotopic (exact) mass is 445 g/mol. The lowest BCUT2D eigenvalue weighted by atomic mass is 9.87. The second-order valence-corrected chi connectivity index (χ2v) is 8.42. The van der Waals surface area contributed by atoms with Crippen LogP contribution in [0.25, 0.3) is 0 Å². The van der Waals surface area contributed by atoms with Gasteiger partial charge in [0.25, 0.3) is 0 Å². The Morgan fingerprint density at radius 1 is 1.24 bits per heavy atom. The highest BCUT2D eigenvalue weighted by molar-refractivity contribution is 8.03. The van der Waals surface area contributed by atoms with Crippen LogP contribution in [0, 0.1) is 18.3 Å². The van der Waals surface area contributed by atoms with E-state index in [-0.39, 0.29) is 29.9 Å². The van der Waals surface area contributed by atoms with Crippen molar-refractivity contribution in [1.82, 2.24) is 5.32 Å². The van der Waals surface area contributed by atoms with Gasteiger partial charge >= 0.3 is 0 Å². The van der Waals surface area contributed by atoms with Crippen LogP contribution in [0.1, 0.15) is 23.5 Å². The molecular formula is C21H17Cl2N3O2S. The van der Waals surface area contributed by atoms with Gasteiger partial charge in [-0.25, -0.2) is 0 Å². The largest absolute Gasteiger partial charge is 0.325 e. The van der Waals surface area contributed by atoms with Gasteiger partial charge in [0.1, 0.15) is 0 Å². The van der Waals surface area contributed by atoms with Crippen molar-refractivity contribution in [3.63, 3.8) is 0 Å². The second kappa shape index (κ2) is 9.36. The molecule has 3 rings (SSSR count). The molecule has 0 unspecified atom stereocenters. The average Bonchev–Trinajstić information content (AvgIpc) is 2.65. The van der Waals surface area contributed by atoms with E-state index in [1.807, 2.05) is 31.2 Å². The van der Waals surface area contributed by atoms with Gasteiger partial charge in [-0.05, 0) is 30.7 Å². The number of hydrogen-bond donors (Lipinski definition) is 2. The third-order valence-electron chi connectivity index (χ3n) is 4.33. The van der Waals surface area contributed by atoms with Crippen molar-refractivity contribution in [3.8, 4) is 6.07 Å². The number of rotatable bonds is 5. The molecular weight excluding hydrogens is 429 g/mol. The summed E-state index contributed by atoms with van der Waals surface area (Å²) >= 11 is 13.0. The highest BCUT2D eigenvalue weighted by Crippen LogP contribution is 2.36. The fourth-order valence-corrected chi connectivity index (χ4v) is 4.38. The number of amides is 2. The van der Waals surface area contributed by atoms with Gasteiger partial charge in [-0.1, -0.05) is 64.8 Å². The molecule has 29 heavy (non-hydrogen) atoms. The highest BCUT2D eigenvalue weighted by Gasteiger charge is 2.29. The molecule has 0 bridgehead atoms. The molecule has 2 aromatic carbocycles. The molecule has 148 valence electrons. The van der Waals surface area contributed by atoms with Gasteiger partial charge in [0.05, 0.1) is 22.4 Å². The molecule has 2 amide bonds. The van der Waals surface area contributed by atoms with Crippen LogP contribution in [0.5, 0.6) is 0 Å². The molecule has 0 saturated carbocycles. The maximum atomic E-state index is 12.3. The van der Waals surface area contributed by atoms with E-state index in [1.165, 1.54) is 0 Å². The van der Waals surface area contributed by atoms with E-state index >= 15 is 0 Å². The fraction of sp³-hybridized carbons (Fsp3) is 0.190. The quantitative estimate of drug-likeness (QED) is 0.677. The number of nitriles is 1. The molecule has 0 saturated heterocycles. The van der Waals surface area contributed by atoms with E-state index < -0.39 is 0 Å². The van der Waals surface area contributed by atoms with E-state index in [0.29, 0.717) is 26.3 Å². The number of hydrogen-bond acceptors (Lipinski definition) is 4. The van der Waals surface area contributed by atoms with Crippen LogP contribution in [-0.4, -0.2) is 17.6 Å². The third kappa shape index (κ3) is 5.54. The van der Waals surface area contributed by atoms with Gasteiger partial charge < -0.3 is 10.6 Å². The SMILES string of the molecule is Cc1ccc([C@H]2CC(=O)NC(SCC(=O)Nc3cc(Cl)cc(Cl)c3)=C2C#N)cc1. The summed E-state index contributed by atoms with van der Waals surface area (Å²) in [7, 11) is 0. The molecule has 0 fully saturated rings. The Balaban J connectivity index is 1.75. The number of anilines is 1. The van der Waals surface area contributed by atoms with E-state index in [0.717, 1.165) is 22.9 Å². The number of benzene rings is 2. The van der Waals surface area contributed by atoms with Crippen molar-refractivity contribution in [2.45, 2.75) is 19.3 Å². The van der Waals surface area contributed by atoms with Crippen LogP contribution in [0.2, 0.25) is 10.0 Å². The fourth-order valence-electron chi connectivity index (χ4n) is 2.98. The van der Waals surface area contributed by atoms with Crippen LogP contribution >= 0.6 is 35.0 Å². The number of nitrogens with zero attached hydrogens (tertiary/aromatic N) is 1. The Morgan fingerprint density at radius 2 is 1.90 bits per heavy atom. The molecule has 8 heteroatoms. The highest BCUT2D eigenvalue weighted by atomic mass is 35.5. The van der Waals surface area contributed by atoms with E-state index in [2.05, 4.69) is 16.7 Å². The number of allylic oxidation sites excluding steroid dienone is 1. The smallest absolute Gasteiger partial charge is 0.234 e. The Morgan fingerprint density at radius 3 is 2.52 bits per heavy atom. The number of aryl methyl sites for hydroxylation is 1. The Hall–Kier alpha value is -2.46. The molecule has 0 aliphatic carbocycles. The zero-order chi connectivity index (χ0) is 21.0. The zero-order valence-corrected chi connectivity index (χ0v) is 17.8. The van der Waals surface area contributed by atoms with Crippen molar-refractivity contribution in [3.05, 3.63) is 74.2 Å². The van der Waals surface area contributed by atoms with Crippen LogP contribution in [0.15, 0.2) is 53.1 Å². The van der Waals surface area contributed by atoms with Crippen molar-refractivity contribution < 1.29 is 9.59 Å². The summed E-state index contributed by atoms with van der Waals surface area (Å²) in [6.45, 7) is 1.98. The van der Waals surface area contributed by atoms with E-state index in [9.17, 15) is 14.9 Å². The predicted molar refractivity (Wildman–Crippen MR) is 117 cm³/mol. The standard InChI is InChI=1S/C21H17Cl2N3O2S/c1-12-2-4-13(5-3-12)17-9-19(27)26-21(18(17)10-24)29-11-20(28)25-16-7-14(22)6-15(23)8-16/h2-8,17H,9,11H2,1H3,(H,25,28)(H,26,27)/t17-/m1/s1. The number of nitrogens with one attached hydrogen (secondary N) is 2. The summed E-state index contributed by atoms with van der Waals surface area (Å²) in [6, 6.07) is 14.7. The summed E-state index contributed by atoms with van der Waals surface area (Å²) in [5.74, 6) is -0.790. The minimum absolute atomic E-state index is 0.0194. The average molecular weight is 446 g/mol. The molecule has 5 nitrogen and oxygen atoms in total. The number of halogens is 2. The minimum atomic E-state index is -0.327. The predicted octanol–water partition coefficient (Wildman–Crippen LogP) is 5.01. The lowest BCUT2D eigenvalue weighted by Crippen LogP contribution is -2.31. The number of carbonyl (C=O) groups is 2. The summed E-state index contributed by atoms with van der Waals surface area (Å²) in [5.41, 5.74) is 2.94. The lowest BCUT2D eigenvalue weighted by Gasteiger charge is -2.25. The Kier molecular flexibility index (Phi) is 6.86. The maximum Gasteiger partial charge on any atom is 0.234 e. The van der Waals surface area contributed by atoms with Crippen LogP contribution < -0.4 is 10.6 Å². The van der Waals surface area contributed by atoms with Gasteiger partial charge in [-0.15, -0.1) is 0 Å². The van der Waals surface area contributed by atoms with Gasteiger partial charge in [-0.2, -0.15) is 5.26 Å². The number of thioether (sulfide) groups is 1. The first-order valence-corrected chi connectivity index (χ1v) is 10.5. The molecule has 1 aliphatic heterocycles. The van der Waals surface area contributed by atoms with Crippen LogP contribution in [-0.2, 0) is 9.59 Å². The molecule has 0 spiro atoms. The molecule has 0 radical (unpaired) electrons. The topological polar surface area (TPSA) is 82.0 Å². The van der Waals surface area contributed by atoms with Gasteiger partial charge in [-0.3, -0.25) is 9.59 Å². The van der Waals surface area contributed by atoms with Crippen molar-refractivity contribution in [2.75, 3.05) is 11.1 Å². The summed E-state index contributed by atoms with van der Waals surface area (Å²) in [6.07, 6.45) is 0.198. The van der Waals surface area contributed by atoms with Crippen molar-refractivity contribution in [1.29, 1.82) is 5.26 Å². The molecule has 0 aromatic heterocycles. The molecule has 1 atom stereocenters. The first kappa shape index (κ1) is 21.3. The van der Waals surface area contributed by atoms with Crippen molar-refractivity contribution >= 4 is 52.5 Å². The van der Waals surface area contributed by atoms with Gasteiger partial charge in [0, 0.05) is 28.1 Å². The summed E-state index contributed by atoms with van der Waals surface area (Å²) in [4.78, 5) is 24.5. The molecule has 2 aromatic rings. The normalized spacial score (nSPS) is 16.2. The minimum Gasteiger partial charge on any atom is -0.325 e. The third-order valence-corrected chi connectivity index (χ3v) is 5.78. The summed E-state index contributed by atoms with van der Waals surface area (Å²) in [5, 5.41) is 16.4. The second-order valence-electron chi connectivity index (χ2n) is 6.57. The van der Waals surface area contributed by atoms with Crippen LogP contribution in [0.4, 0.5) is 5.69 Å². The lowest BCUT2D eigenvalue weighted by molar-refractivity contribution is -0.121. The van der Waals surface area contributed by atoms with Gasteiger partial charge in [0.2, 0.25) is 11.8 Å². The maximum absolute atomic E-state index is 12.3.